The van der Waals surface area contributed by atoms with Crippen LogP contribution in [-0.2, 0) is 19.0 Å². The first-order valence-electron chi connectivity index (χ1n) is 10.5. The third-order valence-electron chi connectivity index (χ3n) is 5.18. The van der Waals surface area contributed by atoms with Crippen molar-refractivity contribution in [3.8, 4) is 5.75 Å². The number of hydrogen-bond acceptors (Lipinski definition) is 5. The van der Waals surface area contributed by atoms with E-state index in [0.29, 0.717) is 32.8 Å². The monoisotopic (exact) mass is 404 g/mol. The average molecular weight is 405 g/mol. The minimum absolute atomic E-state index is 0.0742. The van der Waals surface area contributed by atoms with E-state index in [9.17, 15) is 4.79 Å². The van der Waals surface area contributed by atoms with Gasteiger partial charge in [0.2, 0.25) is 0 Å². The standard InChI is InChI=1S/C24H36O5/c1-7-28-20(25)13-8-9-14-27-16-23(2,3)22-21(29-17-24(22,4)5)18-11-10-12-19(15-18)26-6/h10-12,15H,7-9,13-14,16-17H2,1-6H3. The van der Waals surface area contributed by atoms with Crippen LogP contribution in [0.15, 0.2) is 29.8 Å². The van der Waals surface area contributed by atoms with Crippen molar-refractivity contribution in [1.29, 1.82) is 0 Å². The first-order valence-corrected chi connectivity index (χ1v) is 10.5. The maximum Gasteiger partial charge on any atom is 0.305 e. The first-order chi connectivity index (χ1) is 13.7. The molecule has 29 heavy (non-hydrogen) atoms. The molecule has 5 nitrogen and oxygen atoms in total. The highest BCUT2D eigenvalue weighted by molar-refractivity contribution is 5.69. The molecule has 0 N–H and O–H groups in total. The minimum atomic E-state index is -0.181. The summed E-state index contributed by atoms with van der Waals surface area (Å²) < 4.78 is 22.5. The van der Waals surface area contributed by atoms with E-state index < -0.39 is 0 Å². The van der Waals surface area contributed by atoms with Crippen LogP contribution in [0.1, 0.15) is 59.4 Å². The normalized spacial score (nSPS) is 15.9. The van der Waals surface area contributed by atoms with Gasteiger partial charge in [0, 0.05) is 29.4 Å². The smallest absolute Gasteiger partial charge is 0.305 e. The third-order valence-corrected chi connectivity index (χ3v) is 5.18. The minimum Gasteiger partial charge on any atom is -0.497 e. The molecule has 0 aliphatic carbocycles. The second kappa shape index (κ2) is 10.1. The van der Waals surface area contributed by atoms with Crippen molar-refractivity contribution in [2.24, 2.45) is 10.8 Å². The Labute approximate surface area is 175 Å². The van der Waals surface area contributed by atoms with Crippen LogP contribution in [-0.4, -0.2) is 39.5 Å². The fourth-order valence-corrected chi connectivity index (χ4v) is 4.03. The summed E-state index contributed by atoms with van der Waals surface area (Å²) >= 11 is 0. The number of rotatable bonds is 11. The molecule has 0 unspecified atom stereocenters. The highest BCUT2D eigenvalue weighted by Gasteiger charge is 2.43. The first kappa shape index (κ1) is 23.3. The lowest BCUT2D eigenvalue weighted by Gasteiger charge is -2.34. The molecule has 0 amide bonds. The summed E-state index contributed by atoms with van der Waals surface area (Å²) in [5.74, 6) is 1.62. The predicted octanol–water partition coefficient (Wildman–Crippen LogP) is 5.24. The van der Waals surface area contributed by atoms with Gasteiger partial charge < -0.3 is 18.9 Å². The fraction of sp³-hybridized carbons (Fsp3) is 0.625. The van der Waals surface area contributed by atoms with Crippen molar-refractivity contribution in [1.82, 2.24) is 0 Å². The van der Waals surface area contributed by atoms with E-state index in [0.717, 1.165) is 29.9 Å². The van der Waals surface area contributed by atoms with Crippen molar-refractivity contribution < 1.29 is 23.7 Å². The van der Waals surface area contributed by atoms with E-state index in [1.807, 2.05) is 25.1 Å². The SMILES string of the molecule is CCOC(=O)CCCCOCC(C)(C)C1=C(c2cccc(OC)c2)OCC1(C)C. The van der Waals surface area contributed by atoms with Crippen LogP contribution in [0.4, 0.5) is 0 Å². The van der Waals surface area contributed by atoms with Gasteiger partial charge in [-0.1, -0.05) is 39.8 Å². The molecular formula is C24H36O5. The third kappa shape index (κ3) is 6.23. The second-order valence-corrected chi connectivity index (χ2v) is 8.81. The number of hydrogen-bond donors (Lipinski definition) is 0. The molecule has 0 saturated carbocycles. The quantitative estimate of drug-likeness (QED) is 0.373. The summed E-state index contributed by atoms with van der Waals surface area (Å²) in [5, 5.41) is 0. The van der Waals surface area contributed by atoms with Crippen molar-refractivity contribution in [3.05, 3.63) is 35.4 Å². The van der Waals surface area contributed by atoms with Crippen molar-refractivity contribution in [2.45, 2.75) is 53.9 Å². The Hall–Kier alpha value is -2.01. The van der Waals surface area contributed by atoms with Crippen LogP contribution >= 0.6 is 0 Å². The van der Waals surface area contributed by atoms with Crippen LogP contribution in [0.2, 0.25) is 0 Å². The fourth-order valence-electron chi connectivity index (χ4n) is 4.03. The van der Waals surface area contributed by atoms with E-state index in [1.165, 1.54) is 5.57 Å². The van der Waals surface area contributed by atoms with E-state index >= 15 is 0 Å². The Kier molecular flexibility index (Phi) is 8.14. The van der Waals surface area contributed by atoms with Gasteiger partial charge in [0.25, 0.3) is 0 Å². The Morgan fingerprint density at radius 1 is 1.24 bits per heavy atom. The van der Waals surface area contributed by atoms with Crippen LogP contribution in [0, 0.1) is 10.8 Å². The lowest BCUT2D eigenvalue weighted by molar-refractivity contribution is -0.143. The number of methoxy groups -OCH3 is 1. The molecule has 1 aromatic carbocycles. The number of esters is 1. The molecule has 0 saturated heterocycles. The van der Waals surface area contributed by atoms with Gasteiger partial charge in [-0.3, -0.25) is 4.79 Å². The van der Waals surface area contributed by atoms with E-state index in [-0.39, 0.29) is 16.8 Å². The summed E-state index contributed by atoms with van der Waals surface area (Å²) in [6.45, 7) is 13.0. The number of carbonyl (C=O) groups is 1. The van der Waals surface area contributed by atoms with Crippen molar-refractivity contribution in [3.63, 3.8) is 0 Å². The van der Waals surface area contributed by atoms with E-state index in [4.69, 9.17) is 18.9 Å². The maximum absolute atomic E-state index is 11.4. The zero-order chi connectivity index (χ0) is 21.5. The molecule has 2 rings (SSSR count). The number of ether oxygens (including phenoxy) is 4. The zero-order valence-corrected chi connectivity index (χ0v) is 18.8. The molecule has 0 aromatic heterocycles. The Bertz CT molecular complexity index is 718. The molecule has 0 spiro atoms. The van der Waals surface area contributed by atoms with Crippen LogP contribution in [0.5, 0.6) is 5.75 Å². The van der Waals surface area contributed by atoms with Gasteiger partial charge in [0.1, 0.15) is 11.5 Å². The Morgan fingerprint density at radius 2 is 2.00 bits per heavy atom. The van der Waals surface area contributed by atoms with Gasteiger partial charge in [0.05, 0.1) is 26.9 Å². The number of carbonyl (C=O) groups excluding carboxylic acids is 1. The summed E-state index contributed by atoms with van der Waals surface area (Å²) in [4.78, 5) is 11.4. The zero-order valence-electron chi connectivity index (χ0n) is 18.8. The van der Waals surface area contributed by atoms with Gasteiger partial charge in [-0.2, -0.15) is 0 Å². The van der Waals surface area contributed by atoms with Gasteiger partial charge in [-0.25, -0.2) is 0 Å². The van der Waals surface area contributed by atoms with Gasteiger partial charge >= 0.3 is 5.97 Å². The predicted molar refractivity (Wildman–Crippen MR) is 115 cm³/mol. The molecular weight excluding hydrogens is 368 g/mol. The summed E-state index contributed by atoms with van der Waals surface area (Å²) in [5.41, 5.74) is 2.05. The van der Waals surface area contributed by atoms with Crippen molar-refractivity contribution in [2.75, 3.05) is 33.5 Å². The topological polar surface area (TPSA) is 54.0 Å². The number of benzene rings is 1. The molecule has 5 heteroatoms. The highest BCUT2D eigenvalue weighted by atomic mass is 16.5. The highest BCUT2D eigenvalue weighted by Crippen LogP contribution is 2.50. The lowest BCUT2D eigenvalue weighted by atomic mass is 9.70. The summed E-state index contributed by atoms with van der Waals surface area (Å²) in [7, 11) is 1.67. The second-order valence-electron chi connectivity index (χ2n) is 8.81. The molecule has 0 radical (unpaired) electrons. The average Bonchev–Trinajstić information content (AvgIpc) is 3.01. The van der Waals surface area contributed by atoms with Crippen LogP contribution in [0.25, 0.3) is 5.76 Å². The van der Waals surface area contributed by atoms with Gasteiger partial charge in [0.15, 0.2) is 0 Å². The van der Waals surface area contributed by atoms with Crippen LogP contribution < -0.4 is 4.74 Å². The lowest BCUT2D eigenvalue weighted by Crippen LogP contribution is -2.31. The van der Waals surface area contributed by atoms with Crippen LogP contribution in [0.3, 0.4) is 0 Å². The molecule has 0 bridgehead atoms. The molecule has 1 aliphatic rings. The van der Waals surface area contributed by atoms with E-state index in [1.54, 1.807) is 7.11 Å². The molecule has 1 aromatic rings. The molecule has 1 heterocycles. The molecule has 0 atom stereocenters. The van der Waals surface area contributed by atoms with Gasteiger partial charge in [-0.05, 0) is 37.5 Å². The van der Waals surface area contributed by atoms with Crippen molar-refractivity contribution >= 4 is 11.7 Å². The molecule has 162 valence electrons. The number of unbranched alkanes of at least 4 members (excludes halogenated alkanes) is 1. The molecule has 1 aliphatic heterocycles. The Morgan fingerprint density at radius 3 is 2.69 bits per heavy atom. The summed E-state index contributed by atoms with van der Waals surface area (Å²) in [6.07, 6.45) is 2.08. The largest absolute Gasteiger partial charge is 0.497 e. The maximum atomic E-state index is 11.4. The van der Waals surface area contributed by atoms with Gasteiger partial charge in [-0.15, -0.1) is 0 Å². The van der Waals surface area contributed by atoms with E-state index in [2.05, 4.69) is 33.8 Å². The summed E-state index contributed by atoms with van der Waals surface area (Å²) in [6, 6.07) is 8.00. The molecule has 0 fully saturated rings. The Balaban J connectivity index is 2.04.